The number of amides is 1. The number of para-hydroxylation sites is 1. The van der Waals surface area contributed by atoms with Crippen LogP contribution < -0.4 is 15.4 Å². The van der Waals surface area contributed by atoms with Gasteiger partial charge in [0.05, 0.1) is 6.61 Å². The lowest BCUT2D eigenvalue weighted by molar-refractivity contribution is -0.126. The molecular formula is C16H25ClN2O3. The third-order valence-electron chi connectivity index (χ3n) is 3.90. The smallest absolute Gasteiger partial charge is 0.223 e. The van der Waals surface area contributed by atoms with Crippen molar-refractivity contribution in [1.82, 2.24) is 10.6 Å². The summed E-state index contributed by atoms with van der Waals surface area (Å²) in [7, 11) is 1.65. The lowest BCUT2D eigenvalue weighted by atomic mass is 9.88. The van der Waals surface area contributed by atoms with Crippen LogP contribution in [0.15, 0.2) is 24.3 Å². The zero-order chi connectivity index (χ0) is 15.1. The summed E-state index contributed by atoms with van der Waals surface area (Å²) < 4.78 is 10.6. The second-order valence-electron chi connectivity index (χ2n) is 5.37. The number of benzene rings is 1. The third-order valence-corrected chi connectivity index (χ3v) is 3.90. The summed E-state index contributed by atoms with van der Waals surface area (Å²) in [6.45, 7) is 5.41. The van der Waals surface area contributed by atoms with E-state index in [-0.39, 0.29) is 24.2 Å². The Morgan fingerprint density at radius 3 is 2.73 bits per heavy atom. The van der Waals surface area contributed by atoms with Crippen molar-refractivity contribution in [2.45, 2.75) is 13.5 Å². The van der Waals surface area contributed by atoms with E-state index in [0.29, 0.717) is 25.7 Å². The summed E-state index contributed by atoms with van der Waals surface area (Å²) in [5.41, 5.74) is 0.987. The molecule has 1 amide bonds. The molecule has 1 saturated heterocycles. The van der Waals surface area contributed by atoms with Crippen LogP contribution in [-0.4, -0.2) is 39.3 Å². The molecule has 1 aromatic rings. The van der Waals surface area contributed by atoms with Crippen LogP contribution in [0.3, 0.4) is 0 Å². The first-order valence-corrected chi connectivity index (χ1v) is 7.40. The topological polar surface area (TPSA) is 59.6 Å². The predicted octanol–water partition coefficient (Wildman–Crippen LogP) is 1.61. The SMILES string of the molecule is COCCOc1ccccc1CNC(=O)C(C)C1CNC1.Cl. The van der Waals surface area contributed by atoms with Gasteiger partial charge >= 0.3 is 0 Å². The van der Waals surface area contributed by atoms with E-state index >= 15 is 0 Å². The van der Waals surface area contributed by atoms with Gasteiger partial charge in [0.25, 0.3) is 0 Å². The first kappa shape index (κ1) is 18.7. The summed E-state index contributed by atoms with van der Waals surface area (Å²) in [6, 6.07) is 7.76. The Hall–Kier alpha value is -1.30. The van der Waals surface area contributed by atoms with Gasteiger partial charge in [-0.2, -0.15) is 0 Å². The van der Waals surface area contributed by atoms with Crippen LogP contribution in [-0.2, 0) is 16.1 Å². The zero-order valence-electron chi connectivity index (χ0n) is 13.1. The number of rotatable bonds is 8. The minimum atomic E-state index is 0. The Morgan fingerprint density at radius 1 is 1.36 bits per heavy atom. The first-order chi connectivity index (χ1) is 10.2. The Labute approximate surface area is 138 Å². The maximum atomic E-state index is 12.1. The monoisotopic (exact) mass is 328 g/mol. The number of nitrogens with one attached hydrogen (secondary N) is 2. The van der Waals surface area contributed by atoms with Crippen molar-refractivity contribution in [3.05, 3.63) is 29.8 Å². The third kappa shape index (κ3) is 5.16. The number of hydrogen-bond donors (Lipinski definition) is 2. The van der Waals surface area contributed by atoms with E-state index < -0.39 is 0 Å². The molecule has 2 N–H and O–H groups in total. The second-order valence-corrected chi connectivity index (χ2v) is 5.37. The van der Waals surface area contributed by atoms with Crippen molar-refractivity contribution in [1.29, 1.82) is 0 Å². The average molecular weight is 329 g/mol. The molecule has 1 atom stereocenters. The largest absolute Gasteiger partial charge is 0.491 e. The highest BCUT2D eigenvalue weighted by molar-refractivity contribution is 5.85. The van der Waals surface area contributed by atoms with Gasteiger partial charge in [-0.1, -0.05) is 25.1 Å². The minimum Gasteiger partial charge on any atom is -0.491 e. The van der Waals surface area contributed by atoms with Crippen LogP contribution in [0.1, 0.15) is 12.5 Å². The van der Waals surface area contributed by atoms with E-state index in [0.717, 1.165) is 24.4 Å². The van der Waals surface area contributed by atoms with Crippen molar-refractivity contribution in [2.24, 2.45) is 11.8 Å². The number of carbonyl (C=O) groups excluding carboxylic acids is 1. The van der Waals surface area contributed by atoms with Gasteiger partial charge in [-0.15, -0.1) is 12.4 Å². The molecule has 6 heteroatoms. The van der Waals surface area contributed by atoms with E-state index in [1.165, 1.54) is 0 Å². The van der Waals surface area contributed by atoms with E-state index in [4.69, 9.17) is 9.47 Å². The molecule has 0 spiro atoms. The average Bonchev–Trinajstić information content (AvgIpc) is 2.44. The molecule has 5 nitrogen and oxygen atoms in total. The summed E-state index contributed by atoms with van der Waals surface area (Å²) in [5, 5.41) is 6.20. The molecule has 1 unspecified atom stereocenters. The van der Waals surface area contributed by atoms with E-state index in [1.807, 2.05) is 31.2 Å². The molecule has 1 aromatic carbocycles. The maximum absolute atomic E-state index is 12.1. The standard InChI is InChI=1S/C16H24N2O3.ClH/c1-12(14-9-17-10-14)16(19)18-11-13-5-3-4-6-15(13)21-8-7-20-2;/h3-6,12,14,17H,7-11H2,1-2H3,(H,18,19);1H. The highest BCUT2D eigenvalue weighted by Gasteiger charge is 2.28. The summed E-state index contributed by atoms with van der Waals surface area (Å²) in [4.78, 5) is 12.1. The molecule has 1 fully saturated rings. The van der Waals surface area contributed by atoms with Crippen LogP contribution in [0, 0.1) is 11.8 Å². The molecule has 0 aliphatic carbocycles. The van der Waals surface area contributed by atoms with Gasteiger partial charge in [0.2, 0.25) is 5.91 Å². The normalized spacial score (nSPS) is 15.4. The van der Waals surface area contributed by atoms with Gasteiger partial charge in [0.15, 0.2) is 0 Å². The molecule has 1 aliphatic rings. The van der Waals surface area contributed by atoms with Gasteiger partial charge in [0, 0.05) is 25.1 Å². The maximum Gasteiger partial charge on any atom is 0.223 e. The number of methoxy groups -OCH3 is 1. The lowest BCUT2D eigenvalue weighted by Crippen LogP contribution is -2.49. The Kier molecular flexibility index (Phi) is 8.24. The Morgan fingerprint density at radius 2 is 2.09 bits per heavy atom. The van der Waals surface area contributed by atoms with Crippen molar-refractivity contribution in [2.75, 3.05) is 33.4 Å². The van der Waals surface area contributed by atoms with Gasteiger partial charge in [0.1, 0.15) is 12.4 Å². The van der Waals surface area contributed by atoms with Gasteiger partial charge in [-0.05, 0) is 25.1 Å². The fourth-order valence-corrected chi connectivity index (χ4v) is 2.25. The van der Waals surface area contributed by atoms with Crippen LogP contribution >= 0.6 is 12.4 Å². The number of carbonyl (C=O) groups is 1. The molecule has 2 rings (SSSR count). The quantitative estimate of drug-likeness (QED) is 0.712. The van der Waals surface area contributed by atoms with Crippen LogP contribution in [0.25, 0.3) is 0 Å². The van der Waals surface area contributed by atoms with Gasteiger partial charge in [-0.3, -0.25) is 4.79 Å². The van der Waals surface area contributed by atoms with Crippen LogP contribution in [0.4, 0.5) is 0 Å². The van der Waals surface area contributed by atoms with Crippen molar-refractivity contribution in [3.63, 3.8) is 0 Å². The zero-order valence-corrected chi connectivity index (χ0v) is 13.9. The summed E-state index contributed by atoms with van der Waals surface area (Å²) in [5.74, 6) is 1.41. The highest BCUT2D eigenvalue weighted by Crippen LogP contribution is 2.19. The first-order valence-electron chi connectivity index (χ1n) is 7.40. The number of halogens is 1. The molecule has 0 saturated carbocycles. The fourth-order valence-electron chi connectivity index (χ4n) is 2.25. The van der Waals surface area contributed by atoms with Gasteiger partial charge in [-0.25, -0.2) is 0 Å². The lowest BCUT2D eigenvalue weighted by Gasteiger charge is -2.31. The minimum absolute atomic E-state index is 0. The summed E-state index contributed by atoms with van der Waals surface area (Å²) >= 11 is 0. The summed E-state index contributed by atoms with van der Waals surface area (Å²) in [6.07, 6.45) is 0. The van der Waals surface area contributed by atoms with Crippen molar-refractivity contribution >= 4 is 18.3 Å². The molecule has 22 heavy (non-hydrogen) atoms. The fraction of sp³-hybridized carbons (Fsp3) is 0.562. The van der Waals surface area contributed by atoms with Crippen molar-refractivity contribution < 1.29 is 14.3 Å². The molecule has 1 heterocycles. The molecule has 124 valence electrons. The highest BCUT2D eigenvalue weighted by atomic mass is 35.5. The molecule has 0 aromatic heterocycles. The molecule has 1 aliphatic heterocycles. The number of hydrogen-bond acceptors (Lipinski definition) is 4. The molecule has 0 bridgehead atoms. The Bertz CT molecular complexity index is 466. The van der Waals surface area contributed by atoms with Gasteiger partial charge < -0.3 is 20.1 Å². The second kappa shape index (κ2) is 9.66. The Balaban J connectivity index is 0.00000242. The predicted molar refractivity (Wildman–Crippen MR) is 88.4 cm³/mol. The van der Waals surface area contributed by atoms with E-state index in [9.17, 15) is 4.79 Å². The molecular weight excluding hydrogens is 304 g/mol. The molecule has 0 radical (unpaired) electrons. The van der Waals surface area contributed by atoms with Crippen molar-refractivity contribution in [3.8, 4) is 5.75 Å². The van der Waals surface area contributed by atoms with Crippen LogP contribution in [0.2, 0.25) is 0 Å². The van der Waals surface area contributed by atoms with Crippen LogP contribution in [0.5, 0.6) is 5.75 Å². The van der Waals surface area contributed by atoms with E-state index in [2.05, 4.69) is 10.6 Å². The number of ether oxygens (including phenoxy) is 2. The van der Waals surface area contributed by atoms with E-state index in [1.54, 1.807) is 7.11 Å².